The third-order valence-electron chi connectivity index (χ3n) is 3.80. The fourth-order valence-electron chi connectivity index (χ4n) is 2.49. The molecule has 0 aliphatic carbocycles. The van der Waals surface area contributed by atoms with Crippen LogP contribution in [0.2, 0.25) is 0 Å². The molecule has 1 unspecified atom stereocenters. The number of rotatable bonds is 4. The summed E-state index contributed by atoms with van der Waals surface area (Å²) in [6.45, 7) is 3.65. The van der Waals surface area contributed by atoms with Gasteiger partial charge in [0.1, 0.15) is 11.6 Å². The Kier molecular flexibility index (Phi) is 4.58. The molecule has 0 amide bonds. The summed E-state index contributed by atoms with van der Waals surface area (Å²) in [7, 11) is 1.75. The molecule has 2 atom stereocenters. The summed E-state index contributed by atoms with van der Waals surface area (Å²) in [6.07, 6.45) is 0. The lowest BCUT2D eigenvalue weighted by Crippen LogP contribution is -2.26. The quantitative estimate of drug-likeness (QED) is 0.915. The molecule has 0 aromatic heterocycles. The molecule has 2 aromatic carbocycles. The first-order valence-corrected chi connectivity index (χ1v) is 6.94. The van der Waals surface area contributed by atoms with E-state index in [9.17, 15) is 8.78 Å². The lowest BCUT2D eigenvalue weighted by Gasteiger charge is -2.30. The highest BCUT2D eigenvalue weighted by molar-refractivity contribution is 5.57. The number of para-hydroxylation sites is 1. The van der Waals surface area contributed by atoms with Gasteiger partial charge in [0.05, 0.1) is 11.7 Å². The molecular weight excluding hydrogens is 270 g/mol. The maximum atomic E-state index is 14.2. The lowest BCUT2D eigenvalue weighted by molar-refractivity contribution is 0.572. The Morgan fingerprint density at radius 2 is 1.48 bits per heavy atom. The fourth-order valence-corrected chi connectivity index (χ4v) is 2.49. The minimum absolute atomic E-state index is 0.296. The second kappa shape index (κ2) is 6.22. The zero-order valence-electron chi connectivity index (χ0n) is 12.5. The fraction of sp³-hybridized carbons (Fsp3) is 0.294. The molecule has 4 heteroatoms. The van der Waals surface area contributed by atoms with Crippen molar-refractivity contribution in [1.82, 2.24) is 0 Å². The summed E-state index contributed by atoms with van der Waals surface area (Å²) in [6, 6.07) is 10.8. The van der Waals surface area contributed by atoms with Crippen molar-refractivity contribution in [3.63, 3.8) is 0 Å². The Bertz CT molecular complexity index is 626. The van der Waals surface area contributed by atoms with Crippen molar-refractivity contribution >= 4 is 5.69 Å². The van der Waals surface area contributed by atoms with Crippen LogP contribution < -0.4 is 10.6 Å². The molecule has 0 radical (unpaired) electrons. The molecular formula is C17H20F2N2. The average Bonchev–Trinajstić information content (AvgIpc) is 2.46. The molecule has 0 aliphatic rings. The van der Waals surface area contributed by atoms with Crippen LogP contribution in [0, 0.1) is 11.6 Å². The van der Waals surface area contributed by atoms with Gasteiger partial charge in [-0.2, -0.15) is 0 Å². The summed E-state index contributed by atoms with van der Waals surface area (Å²) in [5.41, 5.74) is 7.58. The molecule has 2 N–H and O–H groups in total. The topological polar surface area (TPSA) is 29.3 Å². The van der Waals surface area contributed by atoms with Crippen molar-refractivity contribution in [2.45, 2.75) is 25.9 Å². The van der Waals surface area contributed by atoms with Gasteiger partial charge in [0.25, 0.3) is 0 Å². The Hall–Kier alpha value is -1.94. The van der Waals surface area contributed by atoms with Gasteiger partial charge in [-0.15, -0.1) is 0 Å². The Morgan fingerprint density at radius 1 is 0.905 bits per heavy atom. The van der Waals surface area contributed by atoms with Gasteiger partial charge >= 0.3 is 0 Å². The summed E-state index contributed by atoms with van der Waals surface area (Å²) in [4.78, 5) is 1.73. The zero-order chi connectivity index (χ0) is 15.6. The van der Waals surface area contributed by atoms with Crippen LogP contribution in [0.3, 0.4) is 0 Å². The zero-order valence-corrected chi connectivity index (χ0v) is 12.5. The van der Waals surface area contributed by atoms with Crippen LogP contribution in [-0.2, 0) is 0 Å². The van der Waals surface area contributed by atoms with E-state index in [-0.39, 0.29) is 23.7 Å². The van der Waals surface area contributed by atoms with Crippen molar-refractivity contribution in [2.75, 3.05) is 11.9 Å². The van der Waals surface area contributed by atoms with Crippen LogP contribution in [0.4, 0.5) is 14.5 Å². The number of hydrogen-bond donors (Lipinski definition) is 1. The number of nitrogens with zero attached hydrogens (tertiary/aromatic N) is 1. The molecule has 21 heavy (non-hydrogen) atoms. The normalized spacial score (nSPS) is 13.8. The third-order valence-corrected chi connectivity index (χ3v) is 3.80. The van der Waals surface area contributed by atoms with Crippen molar-refractivity contribution in [2.24, 2.45) is 5.73 Å². The first-order valence-electron chi connectivity index (χ1n) is 6.94. The van der Waals surface area contributed by atoms with Crippen LogP contribution in [0.15, 0.2) is 42.5 Å². The highest BCUT2D eigenvalue weighted by Gasteiger charge is 2.22. The van der Waals surface area contributed by atoms with Gasteiger partial charge < -0.3 is 10.6 Å². The minimum Gasteiger partial charge on any atom is -0.365 e. The largest absolute Gasteiger partial charge is 0.365 e. The van der Waals surface area contributed by atoms with Gasteiger partial charge in [0, 0.05) is 18.7 Å². The Morgan fingerprint density at radius 3 is 2.10 bits per heavy atom. The molecule has 0 bridgehead atoms. The van der Waals surface area contributed by atoms with E-state index in [1.165, 1.54) is 12.1 Å². The summed E-state index contributed by atoms with van der Waals surface area (Å²) < 4.78 is 28.2. The van der Waals surface area contributed by atoms with Gasteiger partial charge in [-0.3, -0.25) is 0 Å². The molecule has 2 aromatic rings. The maximum Gasteiger partial charge on any atom is 0.146 e. The molecule has 0 spiro atoms. The second-order valence-corrected chi connectivity index (χ2v) is 5.27. The molecule has 2 nitrogen and oxygen atoms in total. The third kappa shape index (κ3) is 3.05. The molecule has 0 aliphatic heterocycles. The highest BCUT2D eigenvalue weighted by atomic mass is 19.1. The molecule has 2 rings (SSSR count). The number of anilines is 1. The average molecular weight is 290 g/mol. The van der Waals surface area contributed by atoms with E-state index in [2.05, 4.69) is 0 Å². The van der Waals surface area contributed by atoms with E-state index in [0.717, 1.165) is 0 Å². The van der Waals surface area contributed by atoms with Crippen molar-refractivity contribution in [1.29, 1.82) is 0 Å². The summed E-state index contributed by atoms with van der Waals surface area (Å²) >= 11 is 0. The van der Waals surface area contributed by atoms with Crippen molar-refractivity contribution in [3.8, 4) is 0 Å². The van der Waals surface area contributed by atoms with Crippen molar-refractivity contribution < 1.29 is 8.78 Å². The van der Waals surface area contributed by atoms with E-state index < -0.39 is 0 Å². The van der Waals surface area contributed by atoms with E-state index >= 15 is 0 Å². The summed E-state index contributed by atoms with van der Waals surface area (Å²) in [5.74, 6) is -0.647. The van der Waals surface area contributed by atoms with Crippen molar-refractivity contribution in [3.05, 3.63) is 65.2 Å². The van der Waals surface area contributed by atoms with Gasteiger partial charge in [-0.1, -0.05) is 30.3 Å². The number of benzene rings is 2. The van der Waals surface area contributed by atoms with E-state index in [1.54, 1.807) is 49.2 Å². The first kappa shape index (κ1) is 15.4. The minimum atomic E-state index is -0.351. The smallest absolute Gasteiger partial charge is 0.146 e. The lowest BCUT2D eigenvalue weighted by atomic mass is 10.0. The molecule has 0 heterocycles. The second-order valence-electron chi connectivity index (χ2n) is 5.27. The number of nitrogens with two attached hydrogens (primary N) is 1. The predicted molar refractivity (Wildman–Crippen MR) is 82.2 cm³/mol. The number of hydrogen-bond acceptors (Lipinski definition) is 2. The number of halogens is 2. The van der Waals surface area contributed by atoms with E-state index in [0.29, 0.717) is 16.8 Å². The SMILES string of the molecule is CC(c1ccccc1F)N(C)c1c(F)cccc1[C@H](C)N. The van der Waals surface area contributed by atoms with Crippen LogP contribution in [0.25, 0.3) is 0 Å². The monoisotopic (exact) mass is 290 g/mol. The van der Waals surface area contributed by atoms with Gasteiger partial charge in [-0.05, 0) is 31.5 Å². The maximum absolute atomic E-state index is 14.2. The van der Waals surface area contributed by atoms with Gasteiger partial charge in [0.15, 0.2) is 0 Å². The van der Waals surface area contributed by atoms with Crippen LogP contribution in [-0.4, -0.2) is 7.05 Å². The highest BCUT2D eigenvalue weighted by Crippen LogP contribution is 2.33. The molecule has 112 valence electrons. The standard InChI is InChI=1S/C17H20F2N2/c1-11(20)13-8-6-10-16(19)17(13)21(3)12(2)14-7-4-5-9-15(14)18/h4-12H,20H2,1-3H3/t11-,12?/m0/s1. The van der Waals surface area contributed by atoms with Crippen LogP contribution in [0.5, 0.6) is 0 Å². The molecule has 0 fully saturated rings. The predicted octanol–water partition coefficient (Wildman–Crippen LogP) is 4.18. The van der Waals surface area contributed by atoms with E-state index in [4.69, 9.17) is 5.73 Å². The van der Waals surface area contributed by atoms with Gasteiger partial charge in [0.2, 0.25) is 0 Å². The molecule has 0 saturated carbocycles. The van der Waals surface area contributed by atoms with Crippen LogP contribution >= 0.6 is 0 Å². The van der Waals surface area contributed by atoms with Crippen LogP contribution in [0.1, 0.15) is 37.1 Å². The Balaban J connectivity index is 2.45. The summed E-state index contributed by atoms with van der Waals surface area (Å²) in [5, 5.41) is 0. The van der Waals surface area contributed by atoms with Gasteiger partial charge in [-0.25, -0.2) is 8.78 Å². The first-order chi connectivity index (χ1) is 9.93. The Labute approximate surface area is 124 Å². The van der Waals surface area contributed by atoms with E-state index in [1.807, 2.05) is 6.92 Å². The molecule has 0 saturated heterocycles.